The summed E-state index contributed by atoms with van der Waals surface area (Å²) in [6.07, 6.45) is -0.722. The molecular formula is C7H10O4. The van der Waals surface area contributed by atoms with Crippen LogP contribution in [-0.2, 0) is 19.0 Å². The van der Waals surface area contributed by atoms with Crippen molar-refractivity contribution in [3.63, 3.8) is 0 Å². The minimum absolute atomic E-state index is 0.202. The molecule has 2 unspecified atom stereocenters. The van der Waals surface area contributed by atoms with E-state index in [4.69, 9.17) is 14.2 Å². The molecule has 0 spiro atoms. The maximum atomic E-state index is 11.0. The molecule has 4 nitrogen and oxygen atoms in total. The van der Waals surface area contributed by atoms with E-state index >= 15 is 0 Å². The molecule has 0 aliphatic carbocycles. The third kappa shape index (κ3) is 0.862. The highest BCUT2D eigenvalue weighted by atomic mass is 16.8. The molecule has 2 heterocycles. The quantitative estimate of drug-likeness (QED) is 0.468. The van der Waals surface area contributed by atoms with Crippen molar-refractivity contribution in [1.29, 1.82) is 0 Å². The normalized spacial score (nSPS) is 40.4. The number of hydrogen-bond acceptors (Lipinski definition) is 4. The average molecular weight is 158 g/mol. The van der Waals surface area contributed by atoms with E-state index in [0.29, 0.717) is 0 Å². The molecule has 2 fully saturated rings. The van der Waals surface area contributed by atoms with E-state index in [1.807, 2.05) is 13.8 Å². The third-order valence-electron chi connectivity index (χ3n) is 2.05. The summed E-state index contributed by atoms with van der Waals surface area (Å²) >= 11 is 0. The first kappa shape index (κ1) is 7.06. The Balaban J connectivity index is 2.27. The van der Waals surface area contributed by atoms with Crippen LogP contribution in [0.4, 0.5) is 0 Å². The molecule has 62 valence electrons. The minimum atomic E-state index is -0.530. The van der Waals surface area contributed by atoms with Crippen LogP contribution < -0.4 is 0 Å². The van der Waals surface area contributed by atoms with Crippen molar-refractivity contribution in [3.8, 4) is 0 Å². The van der Waals surface area contributed by atoms with Crippen LogP contribution in [-0.4, -0.2) is 30.6 Å². The average Bonchev–Trinajstić information content (AvgIpc) is 2.37. The van der Waals surface area contributed by atoms with Gasteiger partial charge in [0.1, 0.15) is 18.5 Å². The number of fused-ring (bicyclic) bond motifs is 1. The van der Waals surface area contributed by atoms with Crippen molar-refractivity contribution in [2.75, 3.05) is 6.79 Å². The van der Waals surface area contributed by atoms with E-state index in [1.165, 1.54) is 0 Å². The first-order chi connectivity index (χ1) is 5.11. The number of hydrogen-bond donors (Lipinski definition) is 0. The van der Waals surface area contributed by atoms with Gasteiger partial charge in [-0.15, -0.1) is 0 Å². The van der Waals surface area contributed by atoms with Gasteiger partial charge in [0.15, 0.2) is 6.10 Å². The highest BCUT2D eigenvalue weighted by molar-refractivity contribution is 5.79. The molecule has 0 radical (unpaired) electrons. The zero-order chi connectivity index (χ0) is 8.06. The van der Waals surface area contributed by atoms with Crippen molar-refractivity contribution in [2.24, 2.45) is 0 Å². The summed E-state index contributed by atoms with van der Waals surface area (Å²) < 4.78 is 15.2. The van der Waals surface area contributed by atoms with Crippen LogP contribution in [0.15, 0.2) is 0 Å². The van der Waals surface area contributed by atoms with Crippen molar-refractivity contribution >= 4 is 5.97 Å². The lowest BCUT2D eigenvalue weighted by Gasteiger charge is -2.21. The fraction of sp³-hybridized carbons (Fsp3) is 0.857. The predicted molar refractivity (Wildman–Crippen MR) is 34.8 cm³/mol. The minimum Gasteiger partial charge on any atom is -0.455 e. The topological polar surface area (TPSA) is 44.8 Å². The van der Waals surface area contributed by atoms with E-state index in [2.05, 4.69) is 0 Å². The lowest BCUT2D eigenvalue weighted by molar-refractivity contribution is -0.159. The molecule has 0 aromatic carbocycles. The lowest BCUT2D eigenvalue weighted by Crippen LogP contribution is -2.35. The van der Waals surface area contributed by atoms with Crippen LogP contribution >= 0.6 is 0 Å². The summed E-state index contributed by atoms with van der Waals surface area (Å²) in [6, 6.07) is 0. The van der Waals surface area contributed by atoms with E-state index in [-0.39, 0.29) is 18.9 Å². The maximum Gasteiger partial charge on any atom is 0.338 e. The zero-order valence-corrected chi connectivity index (χ0v) is 6.49. The molecule has 0 amide bonds. The predicted octanol–water partition coefficient (Wildman–Crippen LogP) is 0.0633. The van der Waals surface area contributed by atoms with E-state index in [1.54, 1.807) is 0 Å². The maximum absolute atomic E-state index is 11.0. The highest BCUT2D eigenvalue weighted by Gasteiger charge is 2.54. The molecule has 4 heteroatoms. The standard InChI is InChI=1S/C7H10O4/c1-7(2)5-4(6(8)11-7)9-3-10-5/h4-5H,3H2,1-2H3. The van der Waals surface area contributed by atoms with E-state index in [9.17, 15) is 4.79 Å². The fourth-order valence-electron chi connectivity index (χ4n) is 1.49. The van der Waals surface area contributed by atoms with Gasteiger partial charge < -0.3 is 14.2 Å². The van der Waals surface area contributed by atoms with Crippen LogP contribution in [0, 0.1) is 0 Å². The smallest absolute Gasteiger partial charge is 0.338 e. The Kier molecular flexibility index (Phi) is 1.25. The second-order valence-electron chi connectivity index (χ2n) is 3.32. The second-order valence-corrected chi connectivity index (χ2v) is 3.32. The van der Waals surface area contributed by atoms with Crippen LogP contribution in [0.5, 0.6) is 0 Å². The van der Waals surface area contributed by atoms with E-state index in [0.717, 1.165) is 0 Å². The third-order valence-corrected chi connectivity index (χ3v) is 2.05. The Hall–Kier alpha value is -0.610. The summed E-state index contributed by atoms with van der Waals surface area (Å²) in [6.45, 7) is 3.85. The second kappa shape index (κ2) is 1.95. The van der Waals surface area contributed by atoms with Crippen LogP contribution in [0.1, 0.15) is 13.8 Å². The Bertz CT molecular complexity index is 199. The Labute approximate surface area is 64.4 Å². The fourth-order valence-corrected chi connectivity index (χ4v) is 1.49. The molecular weight excluding hydrogens is 148 g/mol. The molecule has 0 aromatic rings. The Morgan fingerprint density at radius 1 is 1.45 bits per heavy atom. The molecule has 0 aromatic heterocycles. The molecule has 11 heavy (non-hydrogen) atoms. The highest BCUT2D eigenvalue weighted by Crippen LogP contribution is 2.34. The molecule has 0 bridgehead atoms. The Morgan fingerprint density at radius 3 is 2.82 bits per heavy atom. The van der Waals surface area contributed by atoms with Gasteiger partial charge >= 0.3 is 5.97 Å². The number of carbonyl (C=O) groups excluding carboxylic acids is 1. The van der Waals surface area contributed by atoms with E-state index < -0.39 is 11.7 Å². The van der Waals surface area contributed by atoms with Crippen molar-refractivity contribution in [1.82, 2.24) is 0 Å². The molecule has 2 atom stereocenters. The van der Waals surface area contributed by atoms with Gasteiger partial charge in [0.2, 0.25) is 0 Å². The van der Waals surface area contributed by atoms with Crippen LogP contribution in [0.25, 0.3) is 0 Å². The van der Waals surface area contributed by atoms with Gasteiger partial charge in [0.05, 0.1) is 0 Å². The summed E-state index contributed by atoms with van der Waals surface area (Å²) in [5.74, 6) is -0.308. The monoisotopic (exact) mass is 158 g/mol. The van der Waals surface area contributed by atoms with Gasteiger partial charge in [-0.1, -0.05) is 0 Å². The van der Waals surface area contributed by atoms with Crippen molar-refractivity contribution < 1.29 is 19.0 Å². The number of ether oxygens (including phenoxy) is 3. The van der Waals surface area contributed by atoms with Gasteiger partial charge in [-0.25, -0.2) is 4.79 Å². The van der Waals surface area contributed by atoms with Gasteiger partial charge in [0.25, 0.3) is 0 Å². The summed E-state index contributed by atoms with van der Waals surface area (Å²) in [5, 5.41) is 0. The number of rotatable bonds is 0. The summed E-state index contributed by atoms with van der Waals surface area (Å²) in [5.41, 5.74) is -0.530. The van der Waals surface area contributed by atoms with Crippen molar-refractivity contribution in [3.05, 3.63) is 0 Å². The molecule has 2 aliphatic rings. The largest absolute Gasteiger partial charge is 0.455 e. The number of carbonyl (C=O) groups is 1. The molecule has 2 saturated heterocycles. The first-order valence-corrected chi connectivity index (χ1v) is 3.57. The summed E-state index contributed by atoms with van der Waals surface area (Å²) in [7, 11) is 0. The molecule has 0 N–H and O–H groups in total. The van der Waals surface area contributed by atoms with Gasteiger partial charge in [-0.05, 0) is 13.8 Å². The molecule has 2 rings (SSSR count). The Morgan fingerprint density at radius 2 is 2.18 bits per heavy atom. The van der Waals surface area contributed by atoms with Gasteiger partial charge in [-0.2, -0.15) is 0 Å². The lowest BCUT2D eigenvalue weighted by atomic mass is 10.0. The molecule has 2 aliphatic heterocycles. The van der Waals surface area contributed by atoms with Gasteiger partial charge in [0, 0.05) is 0 Å². The number of esters is 1. The van der Waals surface area contributed by atoms with Gasteiger partial charge in [-0.3, -0.25) is 0 Å². The zero-order valence-electron chi connectivity index (χ0n) is 6.49. The number of cyclic esters (lactones) is 1. The SMILES string of the molecule is CC1(C)OC(=O)C2OCOC21. The van der Waals surface area contributed by atoms with Crippen LogP contribution in [0.3, 0.4) is 0 Å². The van der Waals surface area contributed by atoms with Crippen LogP contribution in [0.2, 0.25) is 0 Å². The van der Waals surface area contributed by atoms with Crippen molar-refractivity contribution in [2.45, 2.75) is 31.7 Å². The summed E-state index contributed by atoms with van der Waals surface area (Å²) in [4.78, 5) is 11.0. The first-order valence-electron chi connectivity index (χ1n) is 3.57. The molecule has 0 saturated carbocycles.